The van der Waals surface area contributed by atoms with Gasteiger partial charge >= 0.3 is 12.1 Å². The highest BCUT2D eigenvalue weighted by molar-refractivity contribution is 7.17. The number of carbonyl (C=O) groups excluding carboxylic acids is 3. The zero-order chi connectivity index (χ0) is 25.8. The lowest BCUT2D eigenvalue weighted by Gasteiger charge is -2.28. The van der Waals surface area contributed by atoms with E-state index < -0.39 is 22.9 Å². The molecular weight excluding hydrogens is 492 g/mol. The second-order valence-electron chi connectivity index (χ2n) is 8.08. The number of morpholine rings is 1. The average molecular weight is 519 g/mol. The summed E-state index contributed by atoms with van der Waals surface area (Å²) in [7, 11) is 1.25. The third-order valence-corrected chi connectivity index (χ3v) is 7.12. The van der Waals surface area contributed by atoms with Crippen LogP contribution < -0.4 is 10.2 Å². The number of nitrogens with zero attached hydrogens (tertiary/aromatic N) is 3. The van der Waals surface area contributed by atoms with Crippen LogP contribution in [0.3, 0.4) is 0 Å². The number of nitro groups is 1. The molecule has 0 aliphatic carbocycles. The Morgan fingerprint density at radius 2 is 1.97 bits per heavy atom. The topological polar surface area (TPSA) is 141 Å². The SMILES string of the molecule is CCOC(=O)N1CCc2c(sc(NC(=O)c3ccc(N4CCOCC4)c([N+](=O)[O-])c3)c2C(=O)OC)C1. The van der Waals surface area contributed by atoms with Gasteiger partial charge in [0.2, 0.25) is 0 Å². The first kappa shape index (κ1) is 25.4. The van der Waals surface area contributed by atoms with Gasteiger partial charge in [-0.25, -0.2) is 9.59 Å². The Hall–Kier alpha value is -3.71. The van der Waals surface area contributed by atoms with E-state index in [2.05, 4.69) is 5.32 Å². The molecule has 2 aromatic rings. The van der Waals surface area contributed by atoms with Crippen LogP contribution >= 0.6 is 11.3 Å². The zero-order valence-electron chi connectivity index (χ0n) is 19.9. The number of amides is 2. The minimum atomic E-state index is -0.610. The number of esters is 1. The number of fused-ring (bicyclic) bond motifs is 1. The summed E-state index contributed by atoms with van der Waals surface area (Å²) in [6.45, 7) is 4.51. The number of nitro benzene ring substituents is 1. The van der Waals surface area contributed by atoms with Crippen molar-refractivity contribution in [3.63, 3.8) is 0 Å². The first-order chi connectivity index (χ1) is 17.3. The van der Waals surface area contributed by atoms with E-state index in [1.54, 1.807) is 13.0 Å². The lowest BCUT2D eigenvalue weighted by atomic mass is 10.0. The zero-order valence-corrected chi connectivity index (χ0v) is 20.7. The molecule has 0 unspecified atom stereocenters. The van der Waals surface area contributed by atoms with Crippen LogP contribution in [0.25, 0.3) is 0 Å². The lowest BCUT2D eigenvalue weighted by Crippen LogP contribution is -2.36. The monoisotopic (exact) mass is 518 g/mol. The summed E-state index contributed by atoms with van der Waals surface area (Å²) in [5, 5.41) is 14.7. The molecule has 0 spiro atoms. The molecule has 2 amide bonds. The van der Waals surface area contributed by atoms with Crippen molar-refractivity contribution >= 4 is 45.7 Å². The van der Waals surface area contributed by atoms with Crippen molar-refractivity contribution in [2.45, 2.75) is 19.9 Å². The maximum Gasteiger partial charge on any atom is 0.410 e. The number of hydrogen-bond acceptors (Lipinski definition) is 10. The minimum Gasteiger partial charge on any atom is -0.465 e. The second kappa shape index (κ2) is 10.9. The quantitative estimate of drug-likeness (QED) is 0.347. The molecule has 1 fully saturated rings. The van der Waals surface area contributed by atoms with Crippen LogP contribution in [0, 0.1) is 10.1 Å². The fourth-order valence-corrected chi connectivity index (χ4v) is 5.48. The smallest absolute Gasteiger partial charge is 0.410 e. The highest BCUT2D eigenvalue weighted by Crippen LogP contribution is 2.38. The van der Waals surface area contributed by atoms with Crippen LogP contribution in [0.4, 0.5) is 21.2 Å². The fourth-order valence-electron chi connectivity index (χ4n) is 4.24. The summed E-state index contributed by atoms with van der Waals surface area (Å²) >= 11 is 1.17. The molecule has 3 heterocycles. The molecule has 0 atom stereocenters. The van der Waals surface area contributed by atoms with Crippen molar-refractivity contribution in [3.8, 4) is 0 Å². The Morgan fingerprint density at radius 1 is 1.22 bits per heavy atom. The van der Waals surface area contributed by atoms with E-state index in [1.165, 1.54) is 35.5 Å². The van der Waals surface area contributed by atoms with Gasteiger partial charge in [0.05, 0.1) is 44.0 Å². The number of nitrogens with one attached hydrogen (secondary N) is 1. The molecule has 2 aliphatic rings. The molecule has 12 nitrogen and oxygen atoms in total. The summed E-state index contributed by atoms with van der Waals surface area (Å²) in [5.41, 5.74) is 1.24. The van der Waals surface area contributed by atoms with E-state index in [1.807, 2.05) is 4.90 Å². The molecule has 13 heteroatoms. The first-order valence-corrected chi connectivity index (χ1v) is 12.2. The van der Waals surface area contributed by atoms with E-state index in [0.717, 1.165) is 4.88 Å². The number of rotatable bonds is 6. The molecule has 1 aromatic carbocycles. The van der Waals surface area contributed by atoms with Crippen LogP contribution in [0.5, 0.6) is 0 Å². The number of hydrogen-bond donors (Lipinski definition) is 1. The Morgan fingerprint density at radius 3 is 2.64 bits per heavy atom. The number of ether oxygens (including phenoxy) is 3. The van der Waals surface area contributed by atoms with Gasteiger partial charge in [-0.2, -0.15) is 0 Å². The Bertz CT molecular complexity index is 1190. The van der Waals surface area contributed by atoms with Gasteiger partial charge in [0.1, 0.15) is 10.7 Å². The van der Waals surface area contributed by atoms with E-state index in [-0.39, 0.29) is 35.0 Å². The fraction of sp³-hybridized carbons (Fsp3) is 0.435. The molecule has 1 saturated heterocycles. The third-order valence-electron chi connectivity index (χ3n) is 5.99. The summed E-state index contributed by atoms with van der Waals surface area (Å²) in [5.74, 6) is -1.21. The van der Waals surface area contributed by atoms with E-state index >= 15 is 0 Å². The molecule has 0 bridgehead atoms. The van der Waals surface area contributed by atoms with Crippen LogP contribution in [-0.2, 0) is 27.2 Å². The number of methoxy groups -OCH3 is 1. The molecule has 1 N–H and O–H groups in total. The van der Waals surface area contributed by atoms with Gasteiger partial charge in [0.15, 0.2) is 0 Å². The van der Waals surface area contributed by atoms with Crippen molar-refractivity contribution in [1.29, 1.82) is 0 Å². The third kappa shape index (κ3) is 5.11. The van der Waals surface area contributed by atoms with Gasteiger partial charge in [-0.15, -0.1) is 11.3 Å². The van der Waals surface area contributed by atoms with Crippen molar-refractivity contribution < 1.29 is 33.5 Å². The summed E-state index contributed by atoms with van der Waals surface area (Å²) < 4.78 is 15.3. The van der Waals surface area contributed by atoms with Gasteiger partial charge in [-0.05, 0) is 31.0 Å². The van der Waals surface area contributed by atoms with Crippen molar-refractivity contribution in [3.05, 3.63) is 49.9 Å². The molecule has 36 heavy (non-hydrogen) atoms. The van der Waals surface area contributed by atoms with Crippen molar-refractivity contribution in [2.75, 3.05) is 56.8 Å². The molecule has 0 radical (unpaired) electrons. The van der Waals surface area contributed by atoms with E-state index in [4.69, 9.17) is 14.2 Å². The van der Waals surface area contributed by atoms with Gasteiger partial charge < -0.3 is 29.3 Å². The lowest BCUT2D eigenvalue weighted by molar-refractivity contribution is -0.384. The number of thiophene rings is 1. The molecule has 4 rings (SSSR count). The predicted octanol–water partition coefficient (Wildman–Crippen LogP) is 3.05. The van der Waals surface area contributed by atoms with Crippen LogP contribution in [0.15, 0.2) is 18.2 Å². The molecule has 2 aliphatic heterocycles. The van der Waals surface area contributed by atoms with Crippen LogP contribution in [0.1, 0.15) is 38.1 Å². The highest BCUT2D eigenvalue weighted by atomic mass is 32.1. The van der Waals surface area contributed by atoms with Gasteiger partial charge in [0, 0.05) is 36.1 Å². The molecule has 0 saturated carbocycles. The summed E-state index contributed by atoms with van der Waals surface area (Å²) in [4.78, 5) is 53.2. The summed E-state index contributed by atoms with van der Waals surface area (Å²) in [6, 6.07) is 4.30. The standard InChI is InChI=1S/C23H26N4O8S/c1-3-35-23(30)26-7-6-15-18(13-26)36-21(19(15)22(29)33-2)24-20(28)14-4-5-16(17(12-14)27(31)32)25-8-10-34-11-9-25/h4-5,12H,3,6-11,13H2,1-2H3,(H,24,28). The maximum absolute atomic E-state index is 13.1. The predicted molar refractivity (Wildman–Crippen MR) is 131 cm³/mol. The number of anilines is 2. The first-order valence-electron chi connectivity index (χ1n) is 11.4. The van der Waals surface area contributed by atoms with Crippen molar-refractivity contribution in [2.24, 2.45) is 0 Å². The maximum atomic E-state index is 13.1. The van der Waals surface area contributed by atoms with Gasteiger partial charge in [0.25, 0.3) is 11.6 Å². The molecule has 192 valence electrons. The van der Waals surface area contributed by atoms with Gasteiger partial charge in [-0.1, -0.05) is 0 Å². The Kier molecular flexibility index (Phi) is 7.70. The van der Waals surface area contributed by atoms with Crippen molar-refractivity contribution in [1.82, 2.24) is 4.90 Å². The Labute approximate surface area is 210 Å². The van der Waals surface area contributed by atoms with Crippen LogP contribution in [-0.4, -0.2) is 74.4 Å². The highest BCUT2D eigenvalue weighted by Gasteiger charge is 2.32. The largest absolute Gasteiger partial charge is 0.465 e. The van der Waals surface area contributed by atoms with Gasteiger partial charge in [-0.3, -0.25) is 14.9 Å². The number of carbonyl (C=O) groups is 3. The summed E-state index contributed by atoms with van der Waals surface area (Å²) in [6.07, 6.45) is -0.0561. The normalized spacial score (nSPS) is 15.2. The Balaban J connectivity index is 1.61. The second-order valence-corrected chi connectivity index (χ2v) is 9.19. The average Bonchev–Trinajstić information content (AvgIpc) is 3.25. The minimum absolute atomic E-state index is 0.0778. The number of benzene rings is 1. The molecular formula is C23H26N4O8S. The van der Waals surface area contributed by atoms with Crippen LogP contribution in [0.2, 0.25) is 0 Å². The van der Waals surface area contributed by atoms with E-state index in [9.17, 15) is 24.5 Å². The molecule has 1 aromatic heterocycles. The van der Waals surface area contributed by atoms with E-state index in [0.29, 0.717) is 50.5 Å².